The molecule has 1 aliphatic rings. The summed E-state index contributed by atoms with van der Waals surface area (Å²) in [5, 5.41) is 3.54. The SMILES string of the molecule is C#Cc1ccc(C)c(/C(=C\C)C2CC2C(=C)NC(C)CC)c1. The third-order valence-corrected chi connectivity index (χ3v) is 4.71. The standard InChI is InChI=1S/C21H27N/c1-7-15(5)22-16(6)20-13-21(20)18(9-3)19-12-17(8-2)11-10-14(19)4/h2,9-12,15,20-22H,6-7,13H2,1,3-5H3/b18-9+. The zero-order chi connectivity index (χ0) is 16.3. The van der Waals surface area contributed by atoms with E-state index in [0.717, 1.165) is 12.0 Å². The number of terminal acetylenes is 1. The van der Waals surface area contributed by atoms with Crippen molar-refractivity contribution in [2.75, 3.05) is 0 Å². The number of benzene rings is 1. The number of aryl methyl sites for hydroxylation is 1. The van der Waals surface area contributed by atoms with Crippen LogP contribution >= 0.6 is 0 Å². The zero-order valence-corrected chi connectivity index (χ0v) is 14.2. The maximum atomic E-state index is 5.55. The molecule has 0 bridgehead atoms. The molecule has 0 heterocycles. The number of hydrogen-bond acceptors (Lipinski definition) is 1. The molecule has 2 rings (SSSR count). The van der Waals surface area contributed by atoms with Crippen molar-refractivity contribution in [2.45, 2.75) is 46.6 Å². The summed E-state index contributed by atoms with van der Waals surface area (Å²) in [4.78, 5) is 0. The minimum atomic E-state index is 0.495. The summed E-state index contributed by atoms with van der Waals surface area (Å²) in [6, 6.07) is 6.77. The van der Waals surface area contributed by atoms with E-state index in [4.69, 9.17) is 6.42 Å². The summed E-state index contributed by atoms with van der Waals surface area (Å²) in [7, 11) is 0. The molecule has 0 spiro atoms. The fourth-order valence-electron chi connectivity index (χ4n) is 3.04. The lowest BCUT2D eigenvalue weighted by atomic mass is 9.93. The first-order valence-corrected chi connectivity index (χ1v) is 8.20. The molecule has 1 heteroatoms. The molecule has 3 atom stereocenters. The smallest absolute Gasteiger partial charge is 0.0248 e. The highest BCUT2D eigenvalue weighted by molar-refractivity contribution is 5.73. The van der Waals surface area contributed by atoms with Gasteiger partial charge < -0.3 is 5.32 Å². The molecule has 0 aliphatic heterocycles. The Balaban J connectivity index is 2.16. The van der Waals surface area contributed by atoms with Crippen molar-refractivity contribution in [3.63, 3.8) is 0 Å². The Morgan fingerprint density at radius 1 is 1.50 bits per heavy atom. The molecule has 1 nitrogen and oxygen atoms in total. The molecule has 1 aromatic rings. The summed E-state index contributed by atoms with van der Waals surface area (Å²) in [6.45, 7) is 12.9. The molecule has 3 unspecified atom stereocenters. The molecule has 0 aromatic heterocycles. The Morgan fingerprint density at radius 2 is 2.23 bits per heavy atom. The quantitative estimate of drug-likeness (QED) is 0.734. The predicted octanol–water partition coefficient (Wildman–Crippen LogP) is 4.92. The van der Waals surface area contributed by atoms with Crippen LogP contribution in [0.3, 0.4) is 0 Å². The third kappa shape index (κ3) is 3.45. The van der Waals surface area contributed by atoms with Gasteiger partial charge in [0.25, 0.3) is 0 Å². The first-order chi connectivity index (χ1) is 10.5. The maximum absolute atomic E-state index is 5.55. The van der Waals surface area contributed by atoms with Crippen LogP contribution in [0.25, 0.3) is 5.57 Å². The lowest BCUT2D eigenvalue weighted by Crippen LogP contribution is -2.25. The molecule has 1 saturated carbocycles. The predicted molar refractivity (Wildman–Crippen MR) is 96.4 cm³/mol. The summed E-state index contributed by atoms with van der Waals surface area (Å²) in [5.41, 5.74) is 6.13. The second-order valence-electron chi connectivity index (χ2n) is 6.35. The van der Waals surface area contributed by atoms with Gasteiger partial charge in [-0.05, 0) is 68.4 Å². The molecule has 0 amide bonds. The van der Waals surface area contributed by atoms with E-state index in [2.05, 4.69) is 63.7 Å². The lowest BCUT2D eigenvalue weighted by molar-refractivity contribution is 0.572. The molecule has 22 heavy (non-hydrogen) atoms. The van der Waals surface area contributed by atoms with E-state index in [-0.39, 0.29) is 0 Å². The minimum Gasteiger partial charge on any atom is -0.386 e. The highest BCUT2D eigenvalue weighted by Crippen LogP contribution is 2.51. The third-order valence-electron chi connectivity index (χ3n) is 4.71. The van der Waals surface area contributed by atoms with E-state index in [1.807, 2.05) is 6.07 Å². The van der Waals surface area contributed by atoms with Gasteiger partial charge in [0.15, 0.2) is 0 Å². The van der Waals surface area contributed by atoms with E-state index in [1.54, 1.807) is 0 Å². The van der Waals surface area contributed by atoms with Crippen LogP contribution in [0.1, 0.15) is 50.3 Å². The Morgan fingerprint density at radius 3 is 2.82 bits per heavy atom. The number of hydrogen-bond donors (Lipinski definition) is 1. The zero-order valence-electron chi connectivity index (χ0n) is 14.2. The van der Waals surface area contributed by atoms with Crippen LogP contribution in [-0.2, 0) is 0 Å². The highest BCUT2D eigenvalue weighted by atomic mass is 14.9. The van der Waals surface area contributed by atoms with E-state index in [1.165, 1.54) is 28.8 Å². The van der Waals surface area contributed by atoms with Crippen LogP contribution in [0.4, 0.5) is 0 Å². The largest absolute Gasteiger partial charge is 0.386 e. The monoisotopic (exact) mass is 293 g/mol. The normalized spacial score (nSPS) is 21.9. The van der Waals surface area contributed by atoms with E-state index >= 15 is 0 Å². The summed E-state index contributed by atoms with van der Waals surface area (Å²) in [6.07, 6.45) is 10.1. The van der Waals surface area contributed by atoms with Crippen LogP contribution in [0.2, 0.25) is 0 Å². The van der Waals surface area contributed by atoms with Gasteiger partial charge in [-0.25, -0.2) is 0 Å². The van der Waals surface area contributed by atoms with Crippen LogP contribution in [0.5, 0.6) is 0 Å². The lowest BCUT2D eigenvalue weighted by Gasteiger charge is -2.16. The Labute approximate surface area is 135 Å². The highest BCUT2D eigenvalue weighted by Gasteiger charge is 2.42. The van der Waals surface area contributed by atoms with Crippen LogP contribution in [-0.4, -0.2) is 6.04 Å². The fraction of sp³-hybridized carbons (Fsp3) is 0.429. The molecule has 1 fully saturated rings. The Hall–Kier alpha value is -1.94. The molecular formula is C21H27N. The average Bonchev–Trinajstić information content (AvgIpc) is 3.30. The second kappa shape index (κ2) is 6.88. The van der Waals surface area contributed by atoms with Crippen LogP contribution in [0.15, 0.2) is 36.6 Å². The summed E-state index contributed by atoms with van der Waals surface area (Å²) in [5.74, 6) is 3.86. The van der Waals surface area contributed by atoms with Crippen molar-refractivity contribution in [3.05, 3.63) is 53.2 Å². The number of allylic oxidation sites excluding steroid dienone is 3. The molecule has 0 radical (unpaired) electrons. The van der Waals surface area contributed by atoms with Gasteiger partial charge >= 0.3 is 0 Å². The van der Waals surface area contributed by atoms with Crippen molar-refractivity contribution in [1.29, 1.82) is 0 Å². The first-order valence-electron chi connectivity index (χ1n) is 8.20. The number of rotatable bonds is 6. The summed E-state index contributed by atoms with van der Waals surface area (Å²) >= 11 is 0. The van der Waals surface area contributed by atoms with Crippen molar-refractivity contribution in [1.82, 2.24) is 5.32 Å². The van der Waals surface area contributed by atoms with Gasteiger partial charge in [0.2, 0.25) is 0 Å². The molecule has 0 saturated heterocycles. The number of nitrogens with one attached hydrogen (secondary N) is 1. The minimum absolute atomic E-state index is 0.495. The van der Waals surface area contributed by atoms with Crippen LogP contribution < -0.4 is 5.32 Å². The topological polar surface area (TPSA) is 12.0 Å². The van der Waals surface area contributed by atoms with E-state index < -0.39 is 0 Å². The first kappa shape index (κ1) is 16.4. The van der Waals surface area contributed by atoms with Gasteiger partial charge in [-0.15, -0.1) is 6.42 Å². The molecule has 1 aliphatic carbocycles. The molecular weight excluding hydrogens is 266 g/mol. The van der Waals surface area contributed by atoms with E-state index in [9.17, 15) is 0 Å². The van der Waals surface area contributed by atoms with Crippen molar-refractivity contribution in [2.24, 2.45) is 11.8 Å². The van der Waals surface area contributed by atoms with Crippen molar-refractivity contribution in [3.8, 4) is 12.3 Å². The Kier molecular flexibility index (Phi) is 5.14. The molecule has 1 aromatic carbocycles. The molecule has 116 valence electrons. The van der Waals surface area contributed by atoms with Crippen molar-refractivity contribution >= 4 is 5.57 Å². The van der Waals surface area contributed by atoms with Crippen LogP contribution in [0, 0.1) is 31.1 Å². The molecule has 1 N–H and O–H groups in total. The van der Waals surface area contributed by atoms with Gasteiger partial charge in [0.1, 0.15) is 0 Å². The fourth-order valence-corrected chi connectivity index (χ4v) is 3.04. The van der Waals surface area contributed by atoms with Gasteiger partial charge in [-0.2, -0.15) is 0 Å². The summed E-state index contributed by atoms with van der Waals surface area (Å²) < 4.78 is 0. The van der Waals surface area contributed by atoms with Gasteiger partial charge in [-0.1, -0.05) is 31.6 Å². The average molecular weight is 293 g/mol. The second-order valence-corrected chi connectivity index (χ2v) is 6.35. The van der Waals surface area contributed by atoms with Gasteiger partial charge in [-0.3, -0.25) is 0 Å². The van der Waals surface area contributed by atoms with Gasteiger partial charge in [0, 0.05) is 23.2 Å². The van der Waals surface area contributed by atoms with E-state index in [0.29, 0.717) is 17.9 Å². The van der Waals surface area contributed by atoms with Crippen molar-refractivity contribution < 1.29 is 0 Å². The maximum Gasteiger partial charge on any atom is 0.0248 e. The van der Waals surface area contributed by atoms with Gasteiger partial charge in [0.05, 0.1) is 0 Å². The Bertz CT molecular complexity index is 630.